The second kappa shape index (κ2) is 5.27. The van der Waals surface area contributed by atoms with Crippen LogP contribution in [0.1, 0.15) is 51.4 Å². The number of carbonyl (C=O) groups excluding carboxylic acids is 2. The molecule has 0 spiro atoms. The number of rotatable bonds is 0. The number of hydrogen-bond acceptors (Lipinski definition) is 4. The van der Waals surface area contributed by atoms with Crippen LogP contribution < -0.4 is 0 Å². The van der Waals surface area contributed by atoms with Gasteiger partial charge in [-0.25, -0.2) is 0 Å². The average molecular weight is 304 g/mol. The molecular weight excluding hydrogens is 284 g/mol. The van der Waals surface area contributed by atoms with Gasteiger partial charge in [-0.2, -0.15) is 0 Å². The van der Waals surface area contributed by atoms with Crippen LogP contribution in [0.15, 0.2) is 16.1 Å². The lowest BCUT2D eigenvalue weighted by Crippen LogP contribution is -2.44. The van der Waals surface area contributed by atoms with Crippen LogP contribution in [0.25, 0.3) is 0 Å². The summed E-state index contributed by atoms with van der Waals surface area (Å²) in [4.78, 5) is 32.0. The fraction of sp³-hybridized carbons (Fsp3) is 0.688. The summed E-state index contributed by atoms with van der Waals surface area (Å²) in [6.45, 7) is 0.820. The van der Waals surface area contributed by atoms with Crippen molar-refractivity contribution in [3.8, 4) is 0 Å². The largest absolute Gasteiger partial charge is 0.316 e. The summed E-state index contributed by atoms with van der Waals surface area (Å²) < 4.78 is 0. The average Bonchev–Trinajstić information content (AvgIpc) is 2.62. The van der Waals surface area contributed by atoms with Gasteiger partial charge >= 0.3 is 0 Å². The maximum Gasteiger partial charge on any atom is 0.258 e. The molecule has 5 heteroatoms. The van der Waals surface area contributed by atoms with Crippen molar-refractivity contribution in [2.45, 2.75) is 62.8 Å². The van der Waals surface area contributed by atoms with Crippen molar-refractivity contribution >= 4 is 28.5 Å². The Bertz CT molecular complexity index is 567. The van der Waals surface area contributed by atoms with E-state index < -0.39 is 0 Å². The van der Waals surface area contributed by atoms with Crippen LogP contribution in [0, 0.1) is 0 Å². The predicted octanol–water partition coefficient (Wildman–Crippen LogP) is 2.68. The van der Waals surface area contributed by atoms with E-state index in [-0.39, 0.29) is 17.3 Å². The summed E-state index contributed by atoms with van der Waals surface area (Å²) in [7, 11) is 0. The smallest absolute Gasteiger partial charge is 0.258 e. The predicted molar refractivity (Wildman–Crippen MR) is 83.3 cm³/mol. The molecule has 2 unspecified atom stereocenters. The minimum absolute atomic E-state index is 0.0179. The van der Waals surface area contributed by atoms with E-state index in [1.807, 2.05) is 4.90 Å². The van der Waals surface area contributed by atoms with Gasteiger partial charge in [0.1, 0.15) is 17.0 Å². The van der Waals surface area contributed by atoms with Crippen molar-refractivity contribution in [3.63, 3.8) is 0 Å². The summed E-state index contributed by atoms with van der Waals surface area (Å²) in [5.41, 5.74) is 1.87. The molecule has 112 valence electrons. The number of Topliss-reactive ketones (excluding diaryl/α,β-unsaturated/α-hetero) is 1. The summed E-state index contributed by atoms with van der Waals surface area (Å²) in [5.74, 6) is 0.437. The Labute approximate surface area is 129 Å². The number of ketones is 1. The molecule has 0 aromatic heterocycles. The molecule has 3 heterocycles. The molecular formula is C16H20N2O2S. The highest BCUT2D eigenvalue weighted by molar-refractivity contribution is 8.16. The summed E-state index contributed by atoms with van der Waals surface area (Å²) in [6.07, 6.45) is 7.91. The van der Waals surface area contributed by atoms with Crippen molar-refractivity contribution in [2.24, 2.45) is 4.99 Å². The van der Waals surface area contributed by atoms with Gasteiger partial charge < -0.3 is 4.90 Å². The van der Waals surface area contributed by atoms with Gasteiger partial charge in [0.25, 0.3) is 5.91 Å². The summed E-state index contributed by atoms with van der Waals surface area (Å²) in [5, 5.41) is 0.743. The summed E-state index contributed by atoms with van der Waals surface area (Å²) >= 11 is 1.55. The third-order valence-corrected chi connectivity index (χ3v) is 6.27. The lowest BCUT2D eigenvalue weighted by molar-refractivity contribution is -0.129. The first-order valence-corrected chi connectivity index (χ1v) is 8.95. The van der Waals surface area contributed by atoms with Crippen LogP contribution in [0.3, 0.4) is 0 Å². The molecule has 4 nitrogen and oxygen atoms in total. The molecule has 0 bridgehead atoms. The highest BCUT2D eigenvalue weighted by Crippen LogP contribution is 2.44. The van der Waals surface area contributed by atoms with E-state index in [0.29, 0.717) is 12.2 Å². The highest BCUT2D eigenvalue weighted by Gasteiger charge is 2.44. The van der Waals surface area contributed by atoms with Gasteiger partial charge in [0.05, 0.1) is 10.8 Å². The van der Waals surface area contributed by atoms with Crippen LogP contribution in [-0.2, 0) is 9.59 Å². The number of amides is 1. The first-order chi connectivity index (χ1) is 10.3. The minimum Gasteiger partial charge on any atom is -0.316 e. The zero-order valence-electron chi connectivity index (χ0n) is 12.1. The van der Waals surface area contributed by atoms with Crippen molar-refractivity contribution in [1.29, 1.82) is 0 Å². The minimum atomic E-state index is -0.117. The molecule has 4 rings (SSSR count). The number of fused-ring (bicyclic) bond motifs is 3. The van der Waals surface area contributed by atoms with E-state index in [1.54, 1.807) is 11.8 Å². The van der Waals surface area contributed by atoms with Crippen LogP contribution in [0.4, 0.5) is 0 Å². The molecule has 21 heavy (non-hydrogen) atoms. The normalized spacial score (nSPS) is 33.0. The fourth-order valence-corrected chi connectivity index (χ4v) is 5.21. The van der Waals surface area contributed by atoms with Gasteiger partial charge in [-0.05, 0) is 44.1 Å². The van der Waals surface area contributed by atoms with E-state index >= 15 is 0 Å². The Morgan fingerprint density at radius 2 is 1.90 bits per heavy atom. The number of hydrogen-bond donors (Lipinski definition) is 0. The van der Waals surface area contributed by atoms with Gasteiger partial charge in [-0.15, -0.1) is 0 Å². The molecule has 0 N–H and O–H groups in total. The number of thioether (sulfide) groups is 1. The number of nitrogens with zero attached hydrogens (tertiary/aromatic N) is 2. The quantitative estimate of drug-likeness (QED) is 0.691. The molecule has 3 aliphatic heterocycles. The summed E-state index contributed by atoms with van der Waals surface area (Å²) in [6, 6.07) is 0. The molecule has 1 aliphatic carbocycles. The second-order valence-electron chi connectivity index (χ2n) is 6.33. The molecule has 1 saturated heterocycles. The first-order valence-electron chi connectivity index (χ1n) is 8.07. The molecule has 0 aromatic carbocycles. The number of aliphatic imine (C=N–C) groups is 1. The molecule has 2 fully saturated rings. The van der Waals surface area contributed by atoms with E-state index in [2.05, 4.69) is 0 Å². The highest BCUT2D eigenvalue weighted by atomic mass is 32.2. The van der Waals surface area contributed by atoms with E-state index in [4.69, 9.17) is 4.99 Å². The second-order valence-corrected chi connectivity index (χ2v) is 7.43. The van der Waals surface area contributed by atoms with Crippen molar-refractivity contribution in [3.05, 3.63) is 11.1 Å². The lowest BCUT2D eigenvalue weighted by atomic mass is 9.98. The Morgan fingerprint density at radius 3 is 2.81 bits per heavy atom. The van der Waals surface area contributed by atoms with Gasteiger partial charge in [0.15, 0.2) is 0 Å². The van der Waals surface area contributed by atoms with E-state index in [9.17, 15) is 9.59 Å². The van der Waals surface area contributed by atoms with E-state index in [1.165, 1.54) is 6.42 Å². The molecule has 0 radical (unpaired) electrons. The van der Waals surface area contributed by atoms with E-state index in [0.717, 1.165) is 61.3 Å². The van der Waals surface area contributed by atoms with Gasteiger partial charge in [-0.3, -0.25) is 14.6 Å². The molecule has 4 aliphatic rings. The maximum absolute atomic E-state index is 12.9. The lowest BCUT2D eigenvalue weighted by Gasteiger charge is -2.32. The third-order valence-electron chi connectivity index (χ3n) is 4.95. The van der Waals surface area contributed by atoms with Crippen molar-refractivity contribution in [1.82, 2.24) is 4.90 Å². The zero-order chi connectivity index (χ0) is 14.4. The topological polar surface area (TPSA) is 49.7 Å². The van der Waals surface area contributed by atoms with Crippen LogP contribution >= 0.6 is 11.8 Å². The first kappa shape index (κ1) is 13.6. The zero-order valence-corrected chi connectivity index (χ0v) is 13.0. The van der Waals surface area contributed by atoms with Gasteiger partial charge in [-0.1, -0.05) is 18.2 Å². The standard InChI is InChI=1S/C16H20N2O2S/c19-11-7-4-3-6-10-13-15(21-14(10)11)17-12-8-2-1-5-9-18(12)16(13)20/h12,14H,1-9H2. The molecule has 2 atom stereocenters. The Morgan fingerprint density at radius 1 is 1.05 bits per heavy atom. The Kier molecular flexibility index (Phi) is 3.40. The van der Waals surface area contributed by atoms with Gasteiger partial charge in [0.2, 0.25) is 0 Å². The van der Waals surface area contributed by atoms with Crippen molar-refractivity contribution < 1.29 is 9.59 Å². The van der Waals surface area contributed by atoms with Crippen molar-refractivity contribution in [2.75, 3.05) is 6.54 Å². The molecule has 1 amide bonds. The van der Waals surface area contributed by atoms with Crippen LogP contribution in [-0.4, -0.2) is 39.6 Å². The van der Waals surface area contributed by atoms with Gasteiger partial charge in [0, 0.05) is 13.0 Å². The van der Waals surface area contributed by atoms with Crippen LogP contribution in [0.5, 0.6) is 0 Å². The monoisotopic (exact) mass is 304 g/mol. The fourth-order valence-electron chi connectivity index (χ4n) is 3.84. The Balaban J connectivity index is 1.77. The SMILES string of the molecule is O=C1CCCCC2=C3C(=O)N4CCCCCC4N=C3SC12. The van der Waals surface area contributed by atoms with Crippen LogP contribution in [0.2, 0.25) is 0 Å². The Hall–Kier alpha value is -1.10. The number of carbonyl (C=O) groups is 2. The molecule has 0 aromatic rings. The third kappa shape index (κ3) is 2.17. The maximum atomic E-state index is 12.9. The molecule has 1 saturated carbocycles.